The number of ether oxygens (including phenoxy) is 2. The molecule has 2 amide bonds. The largest absolute Gasteiger partial charge is 0.453 e. The number of nitrogens with one attached hydrogen (secondary N) is 1. The third-order valence-corrected chi connectivity index (χ3v) is 3.54. The van der Waals surface area contributed by atoms with Crippen molar-refractivity contribution >= 4 is 12.0 Å². The number of carbonyl (C=O) groups excluding carboxylic acids is 2. The number of carbonyl (C=O) groups is 2. The summed E-state index contributed by atoms with van der Waals surface area (Å²) >= 11 is 0. The van der Waals surface area contributed by atoms with Gasteiger partial charge in [0.1, 0.15) is 6.04 Å². The lowest BCUT2D eigenvalue weighted by molar-refractivity contribution is -0.135. The second-order valence-electron chi connectivity index (χ2n) is 5.29. The summed E-state index contributed by atoms with van der Waals surface area (Å²) in [5.41, 5.74) is 0. The molecule has 0 bridgehead atoms. The third kappa shape index (κ3) is 3.83. The molecule has 1 heterocycles. The molecule has 0 aromatic carbocycles. The van der Waals surface area contributed by atoms with Gasteiger partial charge in [0.05, 0.1) is 13.2 Å². The molecule has 0 radical (unpaired) electrons. The zero-order chi connectivity index (χ0) is 14.6. The van der Waals surface area contributed by atoms with Crippen LogP contribution in [0.5, 0.6) is 0 Å². The first-order chi connectivity index (χ1) is 8.90. The summed E-state index contributed by atoms with van der Waals surface area (Å²) in [6.07, 6.45) is 0.317. The van der Waals surface area contributed by atoms with E-state index in [0.717, 1.165) is 6.42 Å². The summed E-state index contributed by atoms with van der Waals surface area (Å²) in [6, 6.07) is -0.441. The summed E-state index contributed by atoms with van der Waals surface area (Å²) in [7, 11) is 2.94. The monoisotopic (exact) mass is 272 g/mol. The average molecular weight is 272 g/mol. The lowest BCUT2D eigenvalue weighted by Gasteiger charge is -2.29. The minimum atomic E-state index is -0.581. The van der Waals surface area contributed by atoms with Gasteiger partial charge < -0.3 is 19.7 Å². The van der Waals surface area contributed by atoms with E-state index in [1.54, 1.807) is 12.0 Å². The van der Waals surface area contributed by atoms with Crippen LogP contribution in [0.15, 0.2) is 0 Å². The van der Waals surface area contributed by atoms with Crippen LogP contribution in [0.3, 0.4) is 0 Å². The summed E-state index contributed by atoms with van der Waals surface area (Å²) in [6.45, 7) is 6.36. The smallest absolute Gasteiger partial charge is 0.407 e. The molecule has 1 aliphatic heterocycles. The fourth-order valence-corrected chi connectivity index (χ4v) is 2.34. The highest BCUT2D eigenvalue weighted by Crippen LogP contribution is 2.21. The molecule has 0 aromatic rings. The van der Waals surface area contributed by atoms with Gasteiger partial charge in [-0.3, -0.25) is 4.79 Å². The zero-order valence-electron chi connectivity index (χ0n) is 12.3. The van der Waals surface area contributed by atoms with Crippen molar-refractivity contribution < 1.29 is 19.1 Å². The Hall–Kier alpha value is -1.30. The quantitative estimate of drug-likeness (QED) is 0.829. The van der Waals surface area contributed by atoms with Crippen LogP contribution < -0.4 is 5.32 Å². The molecule has 0 aromatic heterocycles. The predicted molar refractivity (Wildman–Crippen MR) is 70.8 cm³/mol. The molecule has 0 spiro atoms. The highest BCUT2D eigenvalue weighted by molar-refractivity contribution is 5.86. The van der Waals surface area contributed by atoms with Gasteiger partial charge in [0.25, 0.3) is 0 Å². The molecule has 110 valence electrons. The standard InChI is InChI=1S/C13H24N2O4/c1-8(2)11(14-13(17)19-5)12(16)15-7-10(18-4)6-9(15)3/h8-11H,6-7H2,1-5H3,(H,14,17)/t9-,10+,11+/m1/s1. The van der Waals surface area contributed by atoms with Crippen molar-refractivity contribution in [1.82, 2.24) is 10.2 Å². The van der Waals surface area contributed by atoms with E-state index >= 15 is 0 Å². The first kappa shape index (κ1) is 15.8. The van der Waals surface area contributed by atoms with Crippen molar-refractivity contribution in [2.75, 3.05) is 20.8 Å². The van der Waals surface area contributed by atoms with Crippen LogP contribution in [0.25, 0.3) is 0 Å². The van der Waals surface area contributed by atoms with Crippen LogP contribution in [-0.2, 0) is 14.3 Å². The highest BCUT2D eigenvalue weighted by Gasteiger charge is 2.37. The fraction of sp³-hybridized carbons (Fsp3) is 0.846. The number of alkyl carbamates (subject to hydrolysis) is 1. The minimum absolute atomic E-state index is 0.000366. The molecule has 1 rings (SSSR count). The van der Waals surface area contributed by atoms with Gasteiger partial charge >= 0.3 is 6.09 Å². The highest BCUT2D eigenvalue weighted by atomic mass is 16.5. The Morgan fingerprint density at radius 1 is 1.32 bits per heavy atom. The van der Waals surface area contributed by atoms with Gasteiger partial charge in [0, 0.05) is 19.7 Å². The van der Waals surface area contributed by atoms with Gasteiger partial charge in [-0.2, -0.15) is 0 Å². The second kappa shape index (κ2) is 6.75. The van der Waals surface area contributed by atoms with Crippen LogP contribution in [-0.4, -0.2) is 55.9 Å². The number of rotatable bonds is 4. The van der Waals surface area contributed by atoms with Crippen LogP contribution in [0.1, 0.15) is 27.2 Å². The maximum absolute atomic E-state index is 12.5. The molecule has 0 unspecified atom stereocenters. The van der Waals surface area contributed by atoms with E-state index in [4.69, 9.17) is 4.74 Å². The summed E-state index contributed by atoms with van der Waals surface area (Å²) < 4.78 is 9.87. The Kier molecular flexibility index (Phi) is 5.60. The Morgan fingerprint density at radius 3 is 2.37 bits per heavy atom. The van der Waals surface area contributed by atoms with Gasteiger partial charge in [-0.05, 0) is 19.3 Å². The van der Waals surface area contributed by atoms with Crippen molar-refractivity contribution in [2.24, 2.45) is 5.92 Å². The van der Waals surface area contributed by atoms with E-state index in [0.29, 0.717) is 6.54 Å². The Bertz CT molecular complexity index is 333. The van der Waals surface area contributed by atoms with Gasteiger partial charge in [0.15, 0.2) is 0 Å². The van der Waals surface area contributed by atoms with E-state index in [9.17, 15) is 9.59 Å². The van der Waals surface area contributed by atoms with Crippen molar-refractivity contribution in [3.8, 4) is 0 Å². The van der Waals surface area contributed by atoms with E-state index in [1.807, 2.05) is 20.8 Å². The van der Waals surface area contributed by atoms with E-state index < -0.39 is 12.1 Å². The Labute approximate surface area is 114 Å². The number of likely N-dealkylation sites (tertiary alicyclic amines) is 1. The second-order valence-corrected chi connectivity index (χ2v) is 5.29. The maximum Gasteiger partial charge on any atom is 0.407 e. The van der Waals surface area contributed by atoms with Crippen LogP contribution in [0.2, 0.25) is 0 Å². The number of hydrogen-bond donors (Lipinski definition) is 1. The molecule has 1 fully saturated rings. The minimum Gasteiger partial charge on any atom is -0.453 e. The summed E-state index contributed by atoms with van der Waals surface area (Å²) in [5, 5.41) is 2.60. The molecule has 1 saturated heterocycles. The molecule has 1 aliphatic rings. The topological polar surface area (TPSA) is 67.9 Å². The number of methoxy groups -OCH3 is 2. The SMILES string of the molecule is COC(=O)N[C@H](C(=O)N1C[C@@H](OC)C[C@H]1C)C(C)C. The molecule has 0 aliphatic carbocycles. The van der Waals surface area contributed by atoms with Crippen molar-refractivity contribution in [1.29, 1.82) is 0 Å². The molecule has 19 heavy (non-hydrogen) atoms. The normalized spacial score (nSPS) is 24.4. The zero-order valence-corrected chi connectivity index (χ0v) is 12.3. The first-order valence-corrected chi connectivity index (χ1v) is 6.58. The summed E-state index contributed by atoms with van der Waals surface area (Å²) in [4.78, 5) is 25.6. The number of hydrogen-bond acceptors (Lipinski definition) is 4. The van der Waals surface area contributed by atoms with Gasteiger partial charge in [0.2, 0.25) is 5.91 Å². The molecule has 1 N–H and O–H groups in total. The molecule has 0 saturated carbocycles. The fourth-order valence-electron chi connectivity index (χ4n) is 2.34. The van der Waals surface area contributed by atoms with E-state index in [-0.39, 0.29) is 24.0 Å². The first-order valence-electron chi connectivity index (χ1n) is 6.58. The lowest BCUT2D eigenvalue weighted by atomic mass is 10.0. The van der Waals surface area contributed by atoms with E-state index in [1.165, 1.54) is 7.11 Å². The molecule has 6 nitrogen and oxygen atoms in total. The Morgan fingerprint density at radius 2 is 1.95 bits per heavy atom. The molecular formula is C13H24N2O4. The Balaban J connectivity index is 2.74. The molecule has 3 atom stereocenters. The predicted octanol–water partition coefficient (Wildman–Crippen LogP) is 1.00. The van der Waals surface area contributed by atoms with Crippen molar-refractivity contribution in [3.63, 3.8) is 0 Å². The third-order valence-electron chi connectivity index (χ3n) is 3.54. The number of nitrogens with zero attached hydrogens (tertiary/aromatic N) is 1. The van der Waals surface area contributed by atoms with Gasteiger partial charge in [-0.25, -0.2) is 4.79 Å². The van der Waals surface area contributed by atoms with Crippen LogP contribution in [0, 0.1) is 5.92 Å². The molecular weight excluding hydrogens is 248 g/mol. The van der Waals surface area contributed by atoms with Gasteiger partial charge in [-0.1, -0.05) is 13.8 Å². The average Bonchev–Trinajstić information content (AvgIpc) is 2.75. The van der Waals surface area contributed by atoms with Crippen molar-refractivity contribution in [2.45, 2.75) is 45.4 Å². The maximum atomic E-state index is 12.5. The van der Waals surface area contributed by atoms with Crippen LogP contribution >= 0.6 is 0 Å². The van der Waals surface area contributed by atoms with Crippen molar-refractivity contribution in [3.05, 3.63) is 0 Å². The molecule has 6 heteroatoms. The number of amides is 2. The van der Waals surface area contributed by atoms with Crippen LogP contribution in [0.4, 0.5) is 4.79 Å². The van der Waals surface area contributed by atoms with Gasteiger partial charge in [-0.15, -0.1) is 0 Å². The lowest BCUT2D eigenvalue weighted by Crippen LogP contribution is -2.52. The van der Waals surface area contributed by atoms with E-state index in [2.05, 4.69) is 10.1 Å². The summed E-state index contributed by atoms with van der Waals surface area (Å²) in [5.74, 6) is -0.0761.